The maximum atomic E-state index is 8.64. The first-order valence-electron chi connectivity index (χ1n) is 11.1. The predicted octanol–water partition coefficient (Wildman–Crippen LogP) is 5.11. The average Bonchev–Trinajstić information content (AvgIpc) is 2.78. The largest absolute Gasteiger partial charge is 0.494 e. The Kier molecular flexibility index (Phi) is 11.8. The summed E-state index contributed by atoms with van der Waals surface area (Å²) in [6.07, 6.45) is 2.20. The highest BCUT2D eigenvalue weighted by molar-refractivity contribution is 5.82. The Balaban J connectivity index is 1.88. The van der Waals surface area contributed by atoms with Gasteiger partial charge in [0, 0.05) is 0 Å². The van der Waals surface area contributed by atoms with Gasteiger partial charge in [0.15, 0.2) is 0 Å². The molecular weight excluding hydrogens is 392 g/mol. The SMILES string of the molecule is CCCCOc1ccc(C(=C(C)C)c2ccc(OCCOCCOCCO)cc2)cc1. The third-order valence-corrected chi connectivity index (χ3v) is 4.66. The van der Waals surface area contributed by atoms with Gasteiger partial charge < -0.3 is 24.1 Å². The molecule has 0 unspecified atom stereocenters. The fourth-order valence-electron chi connectivity index (χ4n) is 3.12. The van der Waals surface area contributed by atoms with Crippen molar-refractivity contribution in [3.8, 4) is 11.5 Å². The third-order valence-electron chi connectivity index (χ3n) is 4.66. The molecule has 0 heterocycles. The van der Waals surface area contributed by atoms with E-state index in [-0.39, 0.29) is 6.61 Å². The Morgan fingerprint density at radius 2 is 1.16 bits per heavy atom. The van der Waals surface area contributed by atoms with Crippen molar-refractivity contribution in [2.75, 3.05) is 46.2 Å². The van der Waals surface area contributed by atoms with Crippen molar-refractivity contribution in [3.05, 3.63) is 65.2 Å². The Morgan fingerprint density at radius 3 is 1.65 bits per heavy atom. The topological polar surface area (TPSA) is 57.2 Å². The van der Waals surface area contributed by atoms with Gasteiger partial charge in [0.25, 0.3) is 0 Å². The van der Waals surface area contributed by atoms with Gasteiger partial charge in [-0.25, -0.2) is 0 Å². The van der Waals surface area contributed by atoms with E-state index in [1.165, 1.54) is 16.7 Å². The highest BCUT2D eigenvalue weighted by atomic mass is 16.5. The highest BCUT2D eigenvalue weighted by Gasteiger charge is 2.08. The first kappa shape index (κ1) is 24.9. The lowest BCUT2D eigenvalue weighted by Gasteiger charge is -2.13. The summed E-state index contributed by atoms with van der Waals surface area (Å²) in [7, 11) is 0. The molecule has 0 atom stereocenters. The Bertz CT molecular complexity index is 761. The molecule has 1 N–H and O–H groups in total. The lowest BCUT2D eigenvalue weighted by atomic mass is 9.94. The molecular formula is C26H36O5. The van der Waals surface area contributed by atoms with E-state index in [0.29, 0.717) is 33.0 Å². The third kappa shape index (κ3) is 9.13. The van der Waals surface area contributed by atoms with E-state index in [1.54, 1.807) is 0 Å². The van der Waals surface area contributed by atoms with Crippen LogP contribution >= 0.6 is 0 Å². The summed E-state index contributed by atoms with van der Waals surface area (Å²) in [4.78, 5) is 0. The zero-order valence-electron chi connectivity index (χ0n) is 19.1. The number of rotatable bonds is 15. The van der Waals surface area contributed by atoms with Crippen LogP contribution in [0.15, 0.2) is 54.1 Å². The lowest BCUT2D eigenvalue weighted by Crippen LogP contribution is -2.11. The van der Waals surface area contributed by atoms with Gasteiger partial charge in [-0.1, -0.05) is 43.2 Å². The number of unbranched alkanes of at least 4 members (excludes halogenated alkanes) is 1. The van der Waals surface area contributed by atoms with E-state index >= 15 is 0 Å². The first-order chi connectivity index (χ1) is 15.2. The van der Waals surface area contributed by atoms with Crippen molar-refractivity contribution in [2.45, 2.75) is 33.6 Å². The molecule has 2 rings (SSSR count). The smallest absolute Gasteiger partial charge is 0.119 e. The fourth-order valence-corrected chi connectivity index (χ4v) is 3.12. The van der Waals surface area contributed by atoms with E-state index in [9.17, 15) is 0 Å². The van der Waals surface area contributed by atoms with Crippen LogP contribution in [-0.4, -0.2) is 51.4 Å². The summed E-state index contributed by atoms with van der Waals surface area (Å²) in [5.41, 5.74) is 4.81. The molecule has 2 aromatic carbocycles. The van der Waals surface area contributed by atoms with Crippen molar-refractivity contribution in [1.29, 1.82) is 0 Å². The maximum Gasteiger partial charge on any atom is 0.119 e. The van der Waals surface area contributed by atoms with E-state index in [1.807, 2.05) is 24.3 Å². The van der Waals surface area contributed by atoms with Gasteiger partial charge in [-0.15, -0.1) is 0 Å². The van der Waals surface area contributed by atoms with Crippen molar-refractivity contribution in [3.63, 3.8) is 0 Å². The zero-order valence-corrected chi connectivity index (χ0v) is 19.1. The van der Waals surface area contributed by atoms with Crippen LogP contribution in [0.4, 0.5) is 0 Å². The van der Waals surface area contributed by atoms with Crippen molar-refractivity contribution < 1.29 is 24.1 Å². The molecule has 0 saturated heterocycles. The van der Waals surface area contributed by atoms with Crippen molar-refractivity contribution in [2.24, 2.45) is 0 Å². The monoisotopic (exact) mass is 428 g/mol. The fraction of sp³-hybridized carbons (Fsp3) is 0.462. The molecule has 0 aliphatic rings. The number of ether oxygens (including phenoxy) is 4. The summed E-state index contributed by atoms with van der Waals surface area (Å²) in [5.74, 6) is 1.73. The number of aliphatic hydroxyl groups is 1. The van der Waals surface area contributed by atoms with Crippen LogP contribution in [0.1, 0.15) is 44.7 Å². The minimum Gasteiger partial charge on any atom is -0.494 e. The summed E-state index contributed by atoms with van der Waals surface area (Å²) in [5, 5.41) is 8.64. The van der Waals surface area contributed by atoms with E-state index in [4.69, 9.17) is 24.1 Å². The van der Waals surface area contributed by atoms with E-state index in [0.717, 1.165) is 36.5 Å². The van der Waals surface area contributed by atoms with Crippen LogP contribution in [0.25, 0.3) is 5.57 Å². The first-order valence-corrected chi connectivity index (χ1v) is 11.1. The lowest BCUT2D eigenvalue weighted by molar-refractivity contribution is 0.0247. The molecule has 0 aliphatic heterocycles. The molecule has 0 saturated carbocycles. The molecule has 0 aliphatic carbocycles. The van der Waals surface area contributed by atoms with Crippen molar-refractivity contribution >= 4 is 5.57 Å². The molecule has 0 aromatic heterocycles. The van der Waals surface area contributed by atoms with Gasteiger partial charge in [-0.05, 0) is 61.2 Å². The zero-order chi connectivity index (χ0) is 22.3. The molecule has 0 bridgehead atoms. The minimum atomic E-state index is 0.0341. The van der Waals surface area contributed by atoms with Gasteiger partial charge in [0.1, 0.15) is 18.1 Å². The van der Waals surface area contributed by atoms with Crippen LogP contribution in [0.3, 0.4) is 0 Å². The van der Waals surface area contributed by atoms with Gasteiger partial charge >= 0.3 is 0 Å². The van der Waals surface area contributed by atoms with Gasteiger partial charge in [-0.3, -0.25) is 0 Å². The van der Waals surface area contributed by atoms with Crippen LogP contribution in [0.2, 0.25) is 0 Å². The summed E-state index contributed by atoms with van der Waals surface area (Å²) in [6.45, 7) is 9.51. The molecule has 0 amide bonds. The van der Waals surface area contributed by atoms with Crippen LogP contribution in [0, 0.1) is 0 Å². The number of allylic oxidation sites excluding steroid dienone is 1. The molecule has 5 heteroatoms. The summed E-state index contributed by atoms with van der Waals surface area (Å²) in [6, 6.07) is 16.5. The van der Waals surface area contributed by atoms with Crippen LogP contribution in [-0.2, 0) is 9.47 Å². The molecule has 0 radical (unpaired) electrons. The molecule has 170 valence electrons. The Labute approximate surface area is 186 Å². The highest BCUT2D eigenvalue weighted by Crippen LogP contribution is 2.29. The second-order valence-corrected chi connectivity index (χ2v) is 7.42. The van der Waals surface area contributed by atoms with Gasteiger partial charge in [0.05, 0.1) is 39.6 Å². The average molecular weight is 429 g/mol. The number of aliphatic hydroxyl groups excluding tert-OH is 1. The molecule has 31 heavy (non-hydrogen) atoms. The van der Waals surface area contributed by atoms with Crippen LogP contribution in [0.5, 0.6) is 11.5 Å². The standard InChI is InChI=1S/C26H36O5/c1-4-5-15-30-24-10-6-22(7-11-24)26(21(2)3)23-8-12-25(13-9-23)31-20-19-29-18-17-28-16-14-27/h6-13,27H,4-5,14-20H2,1-3H3. The second-order valence-electron chi connectivity index (χ2n) is 7.42. The van der Waals surface area contributed by atoms with E-state index in [2.05, 4.69) is 45.0 Å². The second kappa shape index (κ2) is 14.6. The summed E-state index contributed by atoms with van der Waals surface area (Å²) < 4.78 is 22.1. The van der Waals surface area contributed by atoms with Gasteiger partial charge in [0.2, 0.25) is 0 Å². The minimum absolute atomic E-state index is 0.0341. The van der Waals surface area contributed by atoms with Gasteiger partial charge in [-0.2, -0.15) is 0 Å². The maximum absolute atomic E-state index is 8.64. The molecule has 0 fully saturated rings. The normalized spacial score (nSPS) is 10.7. The predicted molar refractivity (Wildman–Crippen MR) is 125 cm³/mol. The van der Waals surface area contributed by atoms with E-state index < -0.39 is 0 Å². The molecule has 0 spiro atoms. The Hall–Kier alpha value is -2.34. The van der Waals surface area contributed by atoms with Crippen LogP contribution < -0.4 is 9.47 Å². The number of hydrogen-bond donors (Lipinski definition) is 1. The quantitative estimate of drug-likeness (QED) is 0.400. The summed E-state index contributed by atoms with van der Waals surface area (Å²) >= 11 is 0. The number of benzene rings is 2. The van der Waals surface area contributed by atoms with Crippen molar-refractivity contribution in [1.82, 2.24) is 0 Å². The number of hydrogen-bond acceptors (Lipinski definition) is 5. The molecule has 2 aromatic rings. The Morgan fingerprint density at radius 1 is 0.677 bits per heavy atom. The molecule has 5 nitrogen and oxygen atoms in total.